The molecule has 1 aromatic carbocycles. The largest absolute Gasteiger partial charge is 0.371 e. The van der Waals surface area contributed by atoms with Gasteiger partial charge in [-0.25, -0.2) is 5.48 Å². The van der Waals surface area contributed by atoms with Crippen LogP contribution >= 0.6 is 0 Å². The maximum atomic E-state index is 11.7. The van der Waals surface area contributed by atoms with E-state index < -0.39 is 10.8 Å². The van der Waals surface area contributed by atoms with Gasteiger partial charge in [0.25, 0.3) is 11.6 Å². The maximum absolute atomic E-state index is 11.7. The highest BCUT2D eigenvalue weighted by Gasteiger charge is 2.23. The Kier molecular flexibility index (Phi) is 4.19. The third-order valence-electron chi connectivity index (χ3n) is 3.66. The zero-order valence-corrected chi connectivity index (χ0v) is 11.2. The second-order valence-electron chi connectivity index (χ2n) is 5.07. The van der Waals surface area contributed by atoms with E-state index >= 15 is 0 Å². The van der Waals surface area contributed by atoms with Crippen LogP contribution in [-0.2, 0) is 0 Å². The van der Waals surface area contributed by atoms with Gasteiger partial charge in [-0.1, -0.05) is 6.92 Å². The molecule has 0 atom stereocenters. The average Bonchev–Trinajstić information content (AvgIpc) is 2.46. The number of amides is 1. The predicted molar refractivity (Wildman–Crippen MR) is 73.0 cm³/mol. The number of anilines is 1. The monoisotopic (exact) mass is 279 g/mol. The van der Waals surface area contributed by atoms with Crippen molar-refractivity contribution in [1.29, 1.82) is 0 Å². The van der Waals surface area contributed by atoms with Gasteiger partial charge in [-0.3, -0.25) is 20.1 Å². The lowest BCUT2D eigenvalue weighted by Crippen LogP contribution is -2.34. The summed E-state index contributed by atoms with van der Waals surface area (Å²) in [6, 6.07) is 4.14. The van der Waals surface area contributed by atoms with Gasteiger partial charge < -0.3 is 4.90 Å². The van der Waals surface area contributed by atoms with Crippen molar-refractivity contribution in [3.8, 4) is 0 Å². The number of benzene rings is 1. The number of rotatable bonds is 3. The first-order chi connectivity index (χ1) is 9.52. The molecule has 0 spiro atoms. The number of hydrogen-bond acceptors (Lipinski definition) is 5. The molecule has 1 aliphatic rings. The van der Waals surface area contributed by atoms with Gasteiger partial charge in [0.1, 0.15) is 0 Å². The molecular formula is C13H17N3O4. The molecular weight excluding hydrogens is 262 g/mol. The molecule has 0 radical (unpaired) electrons. The van der Waals surface area contributed by atoms with E-state index in [9.17, 15) is 14.9 Å². The Balaban J connectivity index is 2.36. The fraction of sp³-hybridized carbons (Fsp3) is 0.462. The van der Waals surface area contributed by atoms with Gasteiger partial charge in [-0.2, -0.15) is 0 Å². The number of hydroxylamine groups is 1. The van der Waals surface area contributed by atoms with Gasteiger partial charge in [0.05, 0.1) is 16.2 Å². The lowest BCUT2D eigenvalue weighted by Gasteiger charge is -2.33. The fourth-order valence-corrected chi connectivity index (χ4v) is 2.40. The Hall–Kier alpha value is -2.15. The van der Waals surface area contributed by atoms with Crippen LogP contribution in [0.4, 0.5) is 11.4 Å². The Labute approximate surface area is 116 Å². The van der Waals surface area contributed by atoms with Crippen LogP contribution < -0.4 is 10.4 Å². The summed E-state index contributed by atoms with van der Waals surface area (Å²) >= 11 is 0. The van der Waals surface area contributed by atoms with Gasteiger partial charge in [0.2, 0.25) is 0 Å². The van der Waals surface area contributed by atoms with Gasteiger partial charge in [-0.05, 0) is 24.8 Å². The van der Waals surface area contributed by atoms with Crippen LogP contribution in [0, 0.1) is 16.0 Å². The normalized spacial score (nSPS) is 16.0. The van der Waals surface area contributed by atoms with E-state index in [4.69, 9.17) is 5.21 Å². The van der Waals surface area contributed by atoms with Crippen LogP contribution in [0.1, 0.15) is 30.1 Å². The van der Waals surface area contributed by atoms with Crippen molar-refractivity contribution in [3.05, 3.63) is 33.9 Å². The minimum atomic E-state index is -0.734. The van der Waals surface area contributed by atoms with Crippen LogP contribution in [0.3, 0.4) is 0 Å². The molecule has 20 heavy (non-hydrogen) atoms. The smallest absolute Gasteiger partial charge is 0.276 e. The molecule has 7 nitrogen and oxygen atoms in total. The van der Waals surface area contributed by atoms with E-state index in [0.29, 0.717) is 11.6 Å². The quantitative estimate of drug-likeness (QED) is 0.501. The summed E-state index contributed by atoms with van der Waals surface area (Å²) in [5.41, 5.74) is 2.12. The standard InChI is InChI=1S/C13H17N3O4/c1-9-4-6-15(7-5-9)12-3-2-10(16(19)20)8-11(12)13(17)14-18/h2-3,8-9,18H,4-7H2,1H3,(H,14,17). The topological polar surface area (TPSA) is 95.7 Å². The number of piperidine rings is 1. The molecule has 0 aliphatic carbocycles. The van der Waals surface area contributed by atoms with Crippen LogP contribution in [0.15, 0.2) is 18.2 Å². The molecule has 0 bridgehead atoms. The molecule has 0 unspecified atom stereocenters. The summed E-state index contributed by atoms with van der Waals surface area (Å²) in [7, 11) is 0. The lowest BCUT2D eigenvalue weighted by molar-refractivity contribution is -0.384. The first-order valence-corrected chi connectivity index (χ1v) is 6.50. The summed E-state index contributed by atoms with van der Waals surface area (Å²) in [4.78, 5) is 24.0. The van der Waals surface area contributed by atoms with Gasteiger partial charge in [0.15, 0.2) is 0 Å². The van der Waals surface area contributed by atoms with E-state index in [2.05, 4.69) is 6.92 Å². The number of nitrogens with one attached hydrogen (secondary N) is 1. The third kappa shape index (κ3) is 2.88. The molecule has 1 amide bonds. The summed E-state index contributed by atoms with van der Waals surface area (Å²) in [6.07, 6.45) is 2.02. The highest BCUT2D eigenvalue weighted by Crippen LogP contribution is 2.29. The number of hydrogen-bond donors (Lipinski definition) is 2. The number of non-ortho nitro benzene ring substituents is 1. The van der Waals surface area contributed by atoms with Crippen molar-refractivity contribution < 1.29 is 14.9 Å². The van der Waals surface area contributed by atoms with Crippen molar-refractivity contribution >= 4 is 17.3 Å². The number of nitro benzene ring substituents is 1. The van der Waals surface area contributed by atoms with Crippen molar-refractivity contribution in [2.45, 2.75) is 19.8 Å². The van der Waals surface area contributed by atoms with Gasteiger partial charge >= 0.3 is 0 Å². The van der Waals surface area contributed by atoms with Crippen molar-refractivity contribution in [3.63, 3.8) is 0 Å². The lowest BCUT2D eigenvalue weighted by atomic mass is 9.98. The summed E-state index contributed by atoms with van der Waals surface area (Å²) < 4.78 is 0. The highest BCUT2D eigenvalue weighted by atomic mass is 16.6. The highest BCUT2D eigenvalue weighted by molar-refractivity contribution is 5.99. The van der Waals surface area contributed by atoms with Crippen LogP contribution in [0.2, 0.25) is 0 Å². The molecule has 0 saturated carbocycles. The van der Waals surface area contributed by atoms with Crippen molar-refractivity contribution in [2.24, 2.45) is 5.92 Å². The first kappa shape index (κ1) is 14.3. The van der Waals surface area contributed by atoms with Gasteiger partial charge in [-0.15, -0.1) is 0 Å². The average molecular weight is 279 g/mol. The summed E-state index contributed by atoms with van der Waals surface area (Å²) in [5.74, 6) is -0.0956. The van der Waals surface area contributed by atoms with Crippen molar-refractivity contribution in [2.75, 3.05) is 18.0 Å². The van der Waals surface area contributed by atoms with Crippen molar-refractivity contribution in [1.82, 2.24) is 5.48 Å². The van der Waals surface area contributed by atoms with Gasteiger partial charge in [0, 0.05) is 25.2 Å². The molecule has 1 saturated heterocycles. The molecule has 2 N–H and O–H groups in total. The molecule has 1 fully saturated rings. The second kappa shape index (κ2) is 5.87. The van der Waals surface area contributed by atoms with Crippen LogP contribution in [0.25, 0.3) is 0 Å². The number of carbonyl (C=O) groups is 1. The molecule has 1 aliphatic heterocycles. The summed E-state index contributed by atoms with van der Waals surface area (Å²) in [6.45, 7) is 3.77. The minimum absolute atomic E-state index is 0.122. The molecule has 0 aromatic heterocycles. The molecule has 7 heteroatoms. The first-order valence-electron chi connectivity index (χ1n) is 6.50. The number of nitro groups is 1. The molecule has 2 rings (SSSR count). The fourth-order valence-electron chi connectivity index (χ4n) is 2.40. The second-order valence-corrected chi connectivity index (χ2v) is 5.07. The molecule has 1 heterocycles. The van der Waals surface area contributed by atoms with E-state index in [1.807, 2.05) is 4.90 Å². The Bertz CT molecular complexity index is 524. The van der Waals surface area contributed by atoms with E-state index in [-0.39, 0.29) is 11.3 Å². The molecule has 1 aromatic rings. The summed E-state index contributed by atoms with van der Waals surface area (Å²) in [5, 5.41) is 19.6. The SMILES string of the molecule is CC1CCN(c2ccc([N+](=O)[O-])cc2C(=O)NO)CC1. The maximum Gasteiger partial charge on any atom is 0.276 e. The number of carbonyl (C=O) groups excluding carboxylic acids is 1. The zero-order chi connectivity index (χ0) is 14.7. The minimum Gasteiger partial charge on any atom is -0.371 e. The predicted octanol–water partition coefficient (Wildman–Crippen LogP) is 1.95. The Morgan fingerprint density at radius 2 is 2.10 bits per heavy atom. The molecule has 108 valence electrons. The van der Waals surface area contributed by atoms with Crippen LogP contribution in [0.5, 0.6) is 0 Å². The number of nitrogens with zero attached hydrogens (tertiary/aromatic N) is 2. The third-order valence-corrected chi connectivity index (χ3v) is 3.66. The zero-order valence-electron chi connectivity index (χ0n) is 11.2. The Morgan fingerprint density at radius 1 is 1.45 bits per heavy atom. The van der Waals surface area contributed by atoms with Crippen LogP contribution in [-0.4, -0.2) is 29.1 Å². The van der Waals surface area contributed by atoms with E-state index in [1.54, 1.807) is 11.5 Å². The Morgan fingerprint density at radius 3 is 2.65 bits per heavy atom. The van der Waals surface area contributed by atoms with E-state index in [0.717, 1.165) is 25.9 Å². The van der Waals surface area contributed by atoms with E-state index in [1.165, 1.54) is 12.1 Å².